The highest BCUT2D eigenvalue weighted by Gasteiger charge is 2.31. The Kier molecular flexibility index (Phi) is 3.22. The molecule has 1 nitrogen and oxygen atoms in total. The number of phenols is 1. The van der Waals surface area contributed by atoms with Crippen LogP contribution in [0, 0.1) is 0 Å². The number of hydrogen-bond acceptors (Lipinski definition) is 1. The van der Waals surface area contributed by atoms with Gasteiger partial charge in [0, 0.05) is 5.56 Å². The summed E-state index contributed by atoms with van der Waals surface area (Å²) in [5.74, 6) is 0.550. The minimum atomic E-state index is 0.202. The summed E-state index contributed by atoms with van der Waals surface area (Å²) in [5, 5.41) is 10.3. The van der Waals surface area contributed by atoms with Crippen LogP contribution in [0.4, 0.5) is 0 Å². The van der Waals surface area contributed by atoms with E-state index in [0.717, 1.165) is 12.0 Å². The lowest BCUT2D eigenvalue weighted by Gasteiger charge is -2.35. The summed E-state index contributed by atoms with van der Waals surface area (Å²) in [7, 11) is 0. The molecule has 0 radical (unpaired) electrons. The molecule has 0 spiro atoms. The third-order valence-electron chi connectivity index (χ3n) is 4.11. The van der Waals surface area contributed by atoms with E-state index in [1.807, 2.05) is 6.07 Å². The van der Waals surface area contributed by atoms with Gasteiger partial charge in [-0.05, 0) is 30.2 Å². The minimum Gasteiger partial charge on any atom is -0.507 e. The topological polar surface area (TPSA) is 20.2 Å². The molecule has 0 unspecified atom stereocenters. The first-order valence-corrected chi connectivity index (χ1v) is 6.49. The van der Waals surface area contributed by atoms with E-state index in [1.165, 1.54) is 37.7 Å². The Hall–Kier alpha value is -0.980. The molecule has 1 N–H and O–H groups in total. The molecule has 1 aliphatic rings. The molecule has 1 heteroatoms. The fraction of sp³-hybridized carbons (Fsp3) is 0.600. The molecule has 0 bridgehead atoms. The van der Waals surface area contributed by atoms with Crippen molar-refractivity contribution in [3.8, 4) is 5.75 Å². The van der Waals surface area contributed by atoms with Crippen molar-refractivity contribution < 1.29 is 5.11 Å². The molecule has 1 aliphatic carbocycles. The van der Waals surface area contributed by atoms with Crippen LogP contribution in [0.15, 0.2) is 18.2 Å². The zero-order chi connectivity index (χ0) is 11.6. The van der Waals surface area contributed by atoms with Crippen LogP contribution >= 0.6 is 0 Å². The second-order valence-electron chi connectivity index (χ2n) is 5.29. The van der Waals surface area contributed by atoms with Crippen LogP contribution in [0.5, 0.6) is 5.75 Å². The van der Waals surface area contributed by atoms with E-state index in [4.69, 9.17) is 0 Å². The first-order chi connectivity index (χ1) is 7.67. The Morgan fingerprint density at radius 2 is 1.88 bits per heavy atom. The van der Waals surface area contributed by atoms with E-state index in [1.54, 1.807) is 0 Å². The average Bonchev–Trinajstić information content (AvgIpc) is 2.30. The predicted octanol–water partition coefficient (Wildman–Crippen LogP) is 4.18. The molecule has 0 amide bonds. The van der Waals surface area contributed by atoms with Crippen LogP contribution in [-0.2, 0) is 11.8 Å². The van der Waals surface area contributed by atoms with Crippen molar-refractivity contribution in [3.05, 3.63) is 29.3 Å². The lowest BCUT2D eigenvalue weighted by molar-refractivity contribution is 0.307. The Balaban J connectivity index is 2.38. The van der Waals surface area contributed by atoms with Crippen molar-refractivity contribution in [2.45, 2.75) is 57.8 Å². The molecule has 1 aromatic carbocycles. The molecule has 1 fully saturated rings. The van der Waals surface area contributed by atoms with Gasteiger partial charge in [0.15, 0.2) is 0 Å². The number of phenolic OH excluding ortho intramolecular Hbond substituents is 1. The Morgan fingerprint density at radius 3 is 2.50 bits per heavy atom. The first kappa shape index (κ1) is 11.5. The molecule has 16 heavy (non-hydrogen) atoms. The molecule has 2 rings (SSSR count). The van der Waals surface area contributed by atoms with E-state index >= 15 is 0 Å². The number of hydrogen-bond donors (Lipinski definition) is 1. The van der Waals surface area contributed by atoms with E-state index in [2.05, 4.69) is 26.0 Å². The Labute approximate surface area is 98.5 Å². The maximum Gasteiger partial charge on any atom is 0.122 e. The van der Waals surface area contributed by atoms with Crippen molar-refractivity contribution in [1.82, 2.24) is 0 Å². The van der Waals surface area contributed by atoms with E-state index in [9.17, 15) is 5.11 Å². The molecule has 88 valence electrons. The lowest BCUT2D eigenvalue weighted by Crippen LogP contribution is -2.25. The maximum absolute atomic E-state index is 10.3. The van der Waals surface area contributed by atoms with E-state index < -0.39 is 0 Å². The van der Waals surface area contributed by atoms with Crippen molar-refractivity contribution in [1.29, 1.82) is 0 Å². The van der Waals surface area contributed by atoms with Crippen LogP contribution in [0.2, 0.25) is 0 Å². The van der Waals surface area contributed by atoms with Crippen molar-refractivity contribution in [2.75, 3.05) is 0 Å². The SMILES string of the molecule is CCc1cccc(C2(C)CCCCC2)c1O. The van der Waals surface area contributed by atoms with Crippen LogP contribution in [0.25, 0.3) is 0 Å². The van der Waals surface area contributed by atoms with Gasteiger partial charge in [0.1, 0.15) is 5.75 Å². The fourth-order valence-electron chi connectivity index (χ4n) is 2.97. The van der Waals surface area contributed by atoms with Gasteiger partial charge >= 0.3 is 0 Å². The van der Waals surface area contributed by atoms with Gasteiger partial charge in [-0.1, -0.05) is 51.3 Å². The van der Waals surface area contributed by atoms with E-state index in [0.29, 0.717) is 5.75 Å². The van der Waals surface area contributed by atoms with Crippen molar-refractivity contribution in [3.63, 3.8) is 0 Å². The van der Waals surface area contributed by atoms with Crippen LogP contribution < -0.4 is 0 Å². The standard InChI is InChI=1S/C15H22O/c1-3-12-8-7-9-13(14(12)16)15(2)10-5-4-6-11-15/h7-9,16H,3-6,10-11H2,1-2H3. The Morgan fingerprint density at radius 1 is 1.19 bits per heavy atom. The number of para-hydroxylation sites is 1. The highest BCUT2D eigenvalue weighted by molar-refractivity contribution is 5.44. The molecule has 0 atom stereocenters. The summed E-state index contributed by atoms with van der Waals surface area (Å²) >= 11 is 0. The van der Waals surface area contributed by atoms with Gasteiger partial charge in [-0.2, -0.15) is 0 Å². The summed E-state index contributed by atoms with van der Waals surface area (Å²) in [6.45, 7) is 4.41. The molecule has 0 heterocycles. The van der Waals surface area contributed by atoms with Crippen LogP contribution in [-0.4, -0.2) is 5.11 Å². The van der Waals surface area contributed by atoms with Gasteiger partial charge in [-0.3, -0.25) is 0 Å². The third kappa shape index (κ3) is 1.95. The average molecular weight is 218 g/mol. The van der Waals surface area contributed by atoms with Crippen LogP contribution in [0.1, 0.15) is 57.1 Å². The quantitative estimate of drug-likeness (QED) is 0.789. The fourth-order valence-corrected chi connectivity index (χ4v) is 2.97. The highest BCUT2D eigenvalue weighted by Crippen LogP contribution is 2.43. The normalized spacial score (nSPS) is 19.6. The van der Waals surface area contributed by atoms with Crippen LogP contribution in [0.3, 0.4) is 0 Å². The smallest absolute Gasteiger partial charge is 0.122 e. The minimum absolute atomic E-state index is 0.202. The van der Waals surface area contributed by atoms with Gasteiger partial charge in [-0.15, -0.1) is 0 Å². The number of rotatable bonds is 2. The summed E-state index contributed by atoms with van der Waals surface area (Å²) in [5.41, 5.74) is 2.46. The predicted molar refractivity (Wildman–Crippen MR) is 67.9 cm³/mol. The number of benzene rings is 1. The first-order valence-electron chi connectivity index (χ1n) is 6.49. The van der Waals surface area contributed by atoms with E-state index in [-0.39, 0.29) is 5.41 Å². The summed E-state index contributed by atoms with van der Waals surface area (Å²) in [6, 6.07) is 6.23. The molecular formula is C15H22O. The molecule has 0 aliphatic heterocycles. The molecule has 0 aromatic heterocycles. The second kappa shape index (κ2) is 4.48. The monoisotopic (exact) mass is 218 g/mol. The lowest BCUT2D eigenvalue weighted by atomic mass is 9.70. The van der Waals surface area contributed by atoms with Gasteiger partial charge in [0.05, 0.1) is 0 Å². The maximum atomic E-state index is 10.3. The molecule has 1 aromatic rings. The summed E-state index contributed by atoms with van der Waals surface area (Å²) in [4.78, 5) is 0. The van der Waals surface area contributed by atoms with Crippen molar-refractivity contribution in [2.24, 2.45) is 0 Å². The molecular weight excluding hydrogens is 196 g/mol. The van der Waals surface area contributed by atoms with Gasteiger partial charge in [0.2, 0.25) is 0 Å². The zero-order valence-corrected chi connectivity index (χ0v) is 10.4. The molecule has 1 saturated carbocycles. The Bertz CT molecular complexity index is 362. The van der Waals surface area contributed by atoms with Gasteiger partial charge in [0.25, 0.3) is 0 Å². The largest absolute Gasteiger partial charge is 0.507 e. The second-order valence-corrected chi connectivity index (χ2v) is 5.29. The third-order valence-corrected chi connectivity index (χ3v) is 4.11. The highest BCUT2D eigenvalue weighted by atomic mass is 16.3. The van der Waals surface area contributed by atoms with Gasteiger partial charge in [-0.25, -0.2) is 0 Å². The van der Waals surface area contributed by atoms with Gasteiger partial charge < -0.3 is 5.11 Å². The summed E-state index contributed by atoms with van der Waals surface area (Å²) < 4.78 is 0. The number of aromatic hydroxyl groups is 1. The summed E-state index contributed by atoms with van der Waals surface area (Å²) in [6.07, 6.45) is 7.29. The zero-order valence-electron chi connectivity index (χ0n) is 10.4. The van der Waals surface area contributed by atoms with Crippen molar-refractivity contribution >= 4 is 0 Å². The molecule has 0 saturated heterocycles. The number of aryl methyl sites for hydroxylation is 1.